The van der Waals surface area contributed by atoms with Crippen LogP contribution < -0.4 is 10.6 Å². The maximum atomic E-state index is 6.00. The highest BCUT2D eigenvalue weighted by Crippen LogP contribution is 2.20. The van der Waals surface area contributed by atoms with E-state index in [0.29, 0.717) is 0 Å². The average Bonchev–Trinajstić information content (AvgIpc) is 2.55. The van der Waals surface area contributed by atoms with Gasteiger partial charge in [0.15, 0.2) is 5.82 Å². The van der Waals surface area contributed by atoms with E-state index in [1.165, 1.54) is 5.56 Å². The fourth-order valence-corrected chi connectivity index (χ4v) is 2.69. The van der Waals surface area contributed by atoms with Crippen molar-refractivity contribution >= 4 is 11.5 Å². The molecule has 3 heterocycles. The number of aromatic nitrogens is 2. The van der Waals surface area contributed by atoms with E-state index in [9.17, 15) is 0 Å². The molecule has 1 aliphatic rings. The number of hydrogen-bond acceptors (Lipinski definition) is 5. The lowest BCUT2D eigenvalue weighted by Crippen LogP contribution is -2.47. The Balaban J connectivity index is 1.50. The molecule has 1 fully saturated rings. The topological polar surface area (TPSA) is 58.3 Å². The molecule has 0 aromatic carbocycles. The van der Waals surface area contributed by atoms with Gasteiger partial charge < -0.3 is 10.6 Å². The summed E-state index contributed by atoms with van der Waals surface area (Å²) in [6.07, 6.45) is 6.63. The Kier molecular flexibility index (Phi) is 4.31. The number of nitrogen functional groups attached to an aromatic ring is 1. The van der Waals surface area contributed by atoms with Gasteiger partial charge in [-0.05, 0) is 30.2 Å². The standard InChI is InChI=1S/C16H21N5/c17-15-4-2-7-19-16(15)21-11-9-20(10-12-21)8-5-14-3-1-6-18-13-14/h1-4,6-7,13H,5,8-12,17H2. The van der Waals surface area contributed by atoms with E-state index in [4.69, 9.17) is 5.73 Å². The van der Waals surface area contributed by atoms with Crippen molar-refractivity contribution in [3.05, 3.63) is 48.4 Å². The zero-order valence-electron chi connectivity index (χ0n) is 12.2. The molecule has 0 saturated carbocycles. The molecule has 110 valence electrons. The fraction of sp³-hybridized carbons (Fsp3) is 0.375. The van der Waals surface area contributed by atoms with Gasteiger partial charge in [0, 0.05) is 51.3 Å². The summed E-state index contributed by atoms with van der Waals surface area (Å²) < 4.78 is 0. The lowest BCUT2D eigenvalue weighted by molar-refractivity contribution is 0.260. The van der Waals surface area contributed by atoms with Crippen molar-refractivity contribution in [3.63, 3.8) is 0 Å². The number of rotatable bonds is 4. The first-order valence-electron chi connectivity index (χ1n) is 7.39. The maximum Gasteiger partial charge on any atom is 0.151 e. The first-order chi connectivity index (χ1) is 10.3. The highest BCUT2D eigenvalue weighted by atomic mass is 15.3. The van der Waals surface area contributed by atoms with Crippen LogP contribution in [0.4, 0.5) is 11.5 Å². The van der Waals surface area contributed by atoms with Crippen LogP contribution in [0.5, 0.6) is 0 Å². The van der Waals surface area contributed by atoms with Crippen molar-refractivity contribution in [2.24, 2.45) is 0 Å². The summed E-state index contributed by atoms with van der Waals surface area (Å²) in [5.41, 5.74) is 8.06. The second-order valence-electron chi connectivity index (χ2n) is 5.36. The Hall–Kier alpha value is -2.14. The fourth-order valence-electron chi connectivity index (χ4n) is 2.69. The van der Waals surface area contributed by atoms with Crippen LogP contribution in [0, 0.1) is 0 Å². The quantitative estimate of drug-likeness (QED) is 0.919. The third kappa shape index (κ3) is 3.49. The summed E-state index contributed by atoms with van der Waals surface area (Å²) in [4.78, 5) is 13.3. The lowest BCUT2D eigenvalue weighted by Gasteiger charge is -2.35. The molecule has 21 heavy (non-hydrogen) atoms. The Labute approximate surface area is 125 Å². The molecule has 0 amide bonds. The van der Waals surface area contributed by atoms with Crippen molar-refractivity contribution in [2.75, 3.05) is 43.4 Å². The van der Waals surface area contributed by atoms with Gasteiger partial charge in [0.25, 0.3) is 0 Å². The van der Waals surface area contributed by atoms with Gasteiger partial charge in [-0.15, -0.1) is 0 Å². The van der Waals surface area contributed by atoms with Crippen LogP contribution in [0.25, 0.3) is 0 Å². The van der Waals surface area contributed by atoms with Crippen LogP contribution in [0.15, 0.2) is 42.9 Å². The first kappa shape index (κ1) is 13.8. The van der Waals surface area contributed by atoms with E-state index in [1.54, 1.807) is 6.20 Å². The van der Waals surface area contributed by atoms with Crippen LogP contribution in [0.1, 0.15) is 5.56 Å². The number of nitrogens with two attached hydrogens (primary N) is 1. The summed E-state index contributed by atoms with van der Waals surface area (Å²) >= 11 is 0. The van der Waals surface area contributed by atoms with E-state index < -0.39 is 0 Å². The van der Waals surface area contributed by atoms with Gasteiger partial charge in [-0.1, -0.05) is 6.07 Å². The minimum absolute atomic E-state index is 0.765. The van der Waals surface area contributed by atoms with Crippen molar-refractivity contribution < 1.29 is 0 Å². The maximum absolute atomic E-state index is 6.00. The molecule has 5 heteroatoms. The van der Waals surface area contributed by atoms with Crippen molar-refractivity contribution in [2.45, 2.75) is 6.42 Å². The van der Waals surface area contributed by atoms with Crippen LogP contribution in [-0.4, -0.2) is 47.6 Å². The second-order valence-corrected chi connectivity index (χ2v) is 5.36. The van der Waals surface area contributed by atoms with Gasteiger partial charge in [0.1, 0.15) is 0 Å². The second kappa shape index (κ2) is 6.54. The molecule has 0 atom stereocenters. The Morgan fingerprint density at radius 2 is 1.86 bits per heavy atom. The molecule has 2 aromatic heterocycles. The Bertz CT molecular complexity index is 564. The van der Waals surface area contributed by atoms with Crippen molar-refractivity contribution in [1.29, 1.82) is 0 Å². The smallest absolute Gasteiger partial charge is 0.151 e. The van der Waals surface area contributed by atoms with Gasteiger partial charge in [-0.25, -0.2) is 4.98 Å². The van der Waals surface area contributed by atoms with E-state index in [-0.39, 0.29) is 0 Å². The van der Waals surface area contributed by atoms with Gasteiger partial charge >= 0.3 is 0 Å². The lowest BCUT2D eigenvalue weighted by atomic mass is 10.2. The minimum Gasteiger partial charge on any atom is -0.396 e. The summed E-state index contributed by atoms with van der Waals surface area (Å²) in [5, 5.41) is 0. The van der Waals surface area contributed by atoms with E-state index in [1.807, 2.05) is 30.6 Å². The third-order valence-corrected chi connectivity index (χ3v) is 3.93. The van der Waals surface area contributed by atoms with E-state index in [2.05, 4.69) is 25.8 Å². The number of hydrogen-bond donors (Lipinski definition) is 1. The molecule has 0 radical (unpaired) electrons. The Morgan fingerprint density at radius 1 is 1.05 bits per heavy atom. The highest BCUT2D eigenvalue weighted by Gasteiger charge is 2.19. The summed E-state index contributed by atoms with van der Waals surface area (Å²) in [6, 6.07) is 7.93. The number of pyridine rings is 2. The first-order valence-corrected chi connectivity index (χ1v) is 7.39. The molecular formula is C16H21N5. The average molecular weight is 283 g/mol. The summed E-state index contributed by atoms with van der Waals surface area (Å²) in [7, 11) is 0. The molecule has 1 saturated heterocycles. The van der Waals surface area contributed by atoms with Crippen LogP contribution in [0.2, 0.25) is 0 Å². The van der Waals surface area contributed by atoms with Gasteiger partial charge in [-0.2, -0.15) is 0 Å². The number of anilines is 2. The van der Waals surface area contributed by atoms with Crippen LogP contribution in [0.3, 0.4) is 0 Å². The zero-order chi connectivity index (χ0) is 14.5. The monoisotopic (exact) mass is 283 g/mol. The molecule has 0 spiro atoms. The molecule has 0 bridgehead atoms. The SMILES string of the molecule is Nc1cccnc1N1CCN(CCc2cccnc2)CC1. The normalized spacial score (nSPS) is 16.1. The van der Waals surface area contributed by atoms with Crippen LogP contribution >= 0.6 is 0 Å². The molecular weight excluding hydrogens is 262 g/mol. The van der Waals surface area contributed by atoms with Gasteiger partial charge in [0.2, 0.25) is 0 Å². The largest absolute Gasteiger partial charge is 0.396 e. The molecule has 2 N–H and O–H groups in total. The molecule has 5 nitrogen and oxygen atoms in total. The predicted octanol–water partition coefficient (Wildman–Crippen LogP) is 1.42. The van der Waals surface area contributed by atoms with E-state index in [0.717, 1.165) is 50.6 Å². The predicted molar refractivity (Wildman–Crippen MR) is 85.2 cm³/mol. The molecule has 2 aromatic rings. The van der Waals surface area contributed by atoms with Crippen molar-refractivity contribution in [1.82, 2.24) is 14.9 Å². The molecule has 1 aliphatic heterocycles. The minimum atomic E-state index is 0.765. The van der Waals surface area contributed by atoms with Crippen LogP contribution in [-0.2, 0) is 6.42 Å². The summed E-state index contributed by atoms with van der Waals surface area (Å²) in [6.45, 7) is 5.15. The molecule has 0 aliphatic carbocycles. The molecule has 3 rings (SSSR count). The zero-order valence-corrected chi connectivity index (χ0v) is 12.2. The van der Waals surface area contributed by atoms with E-state index >= 15 is 0 Å². The highest BCUT2D eigenvalue weighted by molar-refractivity contribution is 5.62. The number of nitrogens with zero attached hydrogens (tertiary/aromatic N) is 4. The third-order valence-electron chi connectivity index (χ3n) is 3.93. The Morgan fingerprint density at radius 3 is 2.57 bits per heavy atom. The summed E-state index contributed by atoms with van der Waals surface area (Å²) in [5.74, 6) is 0.921. The van der Waals surface area contributed by atoms with Gasteiger partial charge in [0.05, 0.1) is 5.69 Å². The molecule has 0 unspecified atom stereocenters. The van der Waals surface area contributed by atoms with Gasteiger partial charge in [-0.3, -0.25) is 9.88 Å². The van der Waals surface area contributed by atoms with Crippen molar-refractivity contribution in [3.8, 4) is 0 Å². The number of piperazine rings is 1.